The Bertz CT molecular complexity index is 885. The fourth-order valence-electron chi connectivity index (χ4n) is 3.49. The molecule has 0 saturated carbocycles. The van der Waals surface area contributed by atoms with Crippen LogP contribution in [0.25, 0.3) is 0 Å². The van der Waals surface area contributed by atoms with E-state index in [4.69, 9.17) is 14.5 Å². The van der Waals surface area contributed by atoms with E-state index in [2.05, 4.69) is 84.0 Å². The molecular formula is C26H36N4O2. The normalized spacial score (nSPS) is 13.5. The summed E-state index contributed by atoms with van der Waals surface area (Å²) in [5.41, 5.74) is 4.72. The molecule has 3 rings (SSSR count). The molecule has 6 nitrogen and oxygen atoms in total. The van der Waals surface area contributed by atoms with Crippen LogP contribution in [0.1, 0.15) is 30.5 Å². The van der Waals surface area contributed by atoms with Gasteiger partial charge < -0.3 is 25.0 Å². The third kappa shape index (κ3) is 7.31. The van der Waals surface area contributed by atoms with Crippen molar-refractivity contribution in [2.75, 3.05) is 44.4 Å². The van der Waals surface area contributed by atoms with Gasteiger partial charge in [0.25, 0.3) is 0 Å². The maximum atomic E-state index is 5.96. The van der Waals surface area contributed by atoms with Crippen LogP contribution in [0.2, 0.25) is 0 Å². The van der Waals surface area contributed by atoms with Crippen molar-refractivity contribution in [3.8, 4) is 5.75 Å². The fraction of sp³-hybridized carbons (Fsp3) is 0.423. The fourth-order valence-corrected chi connectivity index (χ4v) is 3.49. The summed E-state index contributed by atoms with van der Waals surface area (Å²) < 4.78 is 11.4. The van der Waals surface area contributed by atoms with Crippen LogP contribution in [0.5, 0.6) is 5.75 Å². The molecule has 0 spiro atoms. The molecule has 0 unspecified atom stereocenters. The predicted molar refractivity (Wildman–Crippen MR) is 133 cm³/mol. The zero-order valence-corrected chi connectivity index (χ0v) is 19.6. The molecule has 2 N–H and O–H groups in total. The molecule has 1 aliphatic heterocycles. The Morgan fingerprint density at radius 1 is 1.00 bits per heavy atom. The molecule has 0 aromatic heterocycles. The minimum absolute atomic E-state index is 0.544. The van der Waals surface area contributed by atoms with E-state index in [1.807, 2.05) is 6.92 Å². The van der Waals surface area contributed by atoms with Crippen LogP contribution < -0.4 is 20.3 Å². The summed E-state index contributed by atoms with van der Waals surface area (Å²) in [5.74, 6) is 1.68. The van der Waals surface area contributed by atoms with Crippen molar-refractivity contribution < 1.29 is 9.47 Å². The van der Waals surface area contributed by atoms with E-state index in [-0.39, 0.29) is 0 Å². The predicted octanol–water partition coefficient (Wildman–Crippen LogP) is 4.04. The number of rotatable bonds is 11. The average Bonchev–Trinajstić information content (AvgIpc) is 3.35. The number of aliphatic imine (C=N–C) groups is 1. The molecule has 0 aliphatic carbocycles. The Morgan fingerprint density at radius 2 is 1.78 bits per heavy atom. The van der Waals surface area contributed by atoms with Gasteiger partial charge in [-0.25, -0.2) is 4.99 Å². The lowest BCUT2D eigenvalue weighted by atomic mass is 10.1. The van der Waals surface area contributed by atoms with Gasteiger partial charge in [0.1, 0.15) is 12.4 Å². The molecule has 0 amide bonds. The zero-order chi connectivity index (χ0) is 22.6. The first-order valence-corrected chi connectivity index (χ1v) is 11.5. The van der Waals surface area contributed by atoms with Crippen molar-refractivity contribution in [3.05, 3.63) is 71.3 Å². The Morgan fingerprint density at radius 3 is 2.50 bits per heavy atom. The number of benzene rings is 2. The van der Waals surface area contributed by atoms with Gasteiger partial charge in [0, 0.05) is 44.0 Å². The summed E-state index contributed by atoms with van der Waals surface area (Å²) in [5, 5.41) is 6.77. The van der Waals surface area contributed by atoms with Gasteiger partial charge in [0.2, 0.25) is 0 Å². The van der Waals surface area contributed by atoms with Crippen LogP contribution in [0.15, 0.2) is 59.6 Å². The molecule has 2 aromatic carbocycles. The van der Waals surface area contributed by atoms with E-state index in [0.29, 0.717) is 32.9 Å². The minimum atomic E-state index is 0.544. The van der Waals surface area contributed by atoms with Crippen molar-refractivity contribution in [2.24, 2.45) is 4.99 Å². The zero-order valence-electron chi connectivity index (χ0n) is 19.6. The van der Waals surface area contributed by atoms with Gasteiger partial charge in [-0.2, -0.15) is 0 Å². The number of hydrogen-bond donors (Lipinski definition) is 2. The van der Waals surface area contributed by atoms with Crippen molar-refractivity contribution in [2.45, 2.75) is 33.9 Å². The lowest BCUT2D eigenvalue weighted by Crippen LogP contribution is -2.36. The second-order valence-corrected chi connectivity index (χ2v) is 7.75. The van der Waals surface area contributed by atoms with E-state index in [0.717, 1.165) is 36.9 Å². The van der Waals surface area contributed by atoms with Gasteiger partial charge in [-0.05, 0) is 50.1 Å². The standard InChI is InChI=1S/C26H36N4O2/c1-4-27-26(28-19-22-9-12-24(13-10-22)30-14-6-7-15-30)29-20-23-11-8-21(3)18-25(23)32-17-16-31-5-2/h6-13,18H,4-5,14-17,19-20H2,1-3H3,(H2,27,28,29). The second kappa shape index (κ2) is 12.8. The molecule has 6 heteroatoms. The smallest absolute Gasteiger partial charge is 0.191 e. The molecule has 172 valence electrons. The molecule has 0 saturated heterocycles. The van der Waals surface area contributed by atoms with Crippen molar-refractivity contribution in [1.82, 2.24) is 10.6 Å². The van der Waals surface area contributed by atoms with Crippen LogP contribution in [0, 0.1) is 6.92 Å². The molecule has 1 heterocycles. The Balaban J connectivity index is 1.58. The average molecular weight is 437 g/mol. The van der Waals surface area contributed by atoms with Crippen LogP contribution in [0.3, 0.4) is 0 Å². The highest BCUT2D eigenvalue weighted by Crippen LogP contribution is 2.21. The van der Waals surface area contributed by atoms with Gasteiger partial charge in [0.05, 0.1) is 13.2 Å². The largest absolute Gasteiger partial charge is 0.491 e. The summed E-state index contributed by atoms with van der Waals surface area (Å²) in [4.78, 5) is 7.11. The number of guanidine groups is 1. The van der Waals surface area contributed by atoms with Gasteiger partial charge in [-0.15, -0.1) is 0 Å². The topological polar surface area (TPSA) is 58.1 Å². The summed E-state index contributed by atoms with van der Waals surface area (Å²) >= 11 is 0. The van der Waals surface area contributed by atoms with Gasteiger partial charge in [-0.1, -0.05) is 36.4 Å². The molecule has 0 radical (unpaired) electrons. The molecule has 0 atom stereocenters. The molecule has 32 heavy (non-hydrogen) atoms. The van der Waals surface area contributed by atoms with Crippen LogP contribution >= 0.6 is 0 Å². The van der Waals surface area contributed by atoms with Gasteiger partial charge >= 0.3 is 0 Å². The summed E-state index contributed by atoms with van der Waals surface area (Å²) in [6.07, 6.45) is 4.41. The van der Waals surface area contributed by atoms with Gasteiger partial charge in [0.15, 0.2) is 5.96 Å². The number of ether oxygens (including phenoxy) is 2. The van der Waals surface area contributed by atoms with E-state index in [1.165, 1.54) is 16.8 Å². The Kier molecular flexibility index (Phi) is 9.44. The SMILES string of the molecule is CCNC(=NCc1ccc(N2CC=CC2)cc1)NCc1ccc(C)cc1OCCOCC. The van der Waals surface area contributed by atoms with E-state index in [1.54, 1.807) is 0 Å². The summed E-state index contributed by atoms with van der Waals surface area (Å²) in [7, 11) is 0. The lowest BCUT2D eigenvalue weighted by Gasteiger charge is -2.18. The van der Waals surface area contributed by atoms with E-state index >= 15 is 0 Å². The van der Waals surface area contributed by atoms with Gasteiger partial charge in [-0.3, -0.25) is 0 Å². The molecule has 0 fully saturated rings. The summed E-state index contributed by atoms with van der Waals surface area (Å²) in [6.45, 7) is 12.0. The van der Waals surface area contributed by atoms with E-state index in [9.17, 15) is 0 Å². The van der Waals surface area contributed by atoms with Crippen LogP contribution in [-0.4, -0.2) is 45.4 Å². The number of anilines is 1. The maximum Gasteiger partial charge on any atom is 0.191 e. The second-order valence-electron chi connectivity index (χ2n) is 7.75. The Hall–Kier alpha value is -2.99. The molecule has 0 bridgehead atoms. The summed E-state index contributed by atoms with van der Waals surface area (Å²) in [6, 6.07) is 15.0. The van der Waals surface area contributed by atoms with Crippen molar-refractivity contribution in [3.63, 3.8) is 0 Å². The first-order valence-electron chi connectivity index (χ1n) is 11.5. The van der Waals surface area contributed by atoms with E-state index < -0.39 is 0 Å². The maximum absolute atomic E-state index is 5.96. The minimum Gasteiger partial charge on any atom is -0.491 e. The first-order chi connectivity index (χ1) is 15.7. The molecule has 2 aromatic rings. The quantitative estimate of drug-likeness (QED) is 0.241. The third-order valence-electron chi connectivity index (χ3n) is 5.24. The third-order valence-corrected chi connectivity index (χ3v) is 5.24. The van der Waals surface area contributed by atoms with Crippen LogP contribution in [-0.2, 0) is 17.8 Å². The first kappa shape index (κ1) is 23.7. The number of nitrogens with zero attached hydrogens (tertiary/aromatic N) is 2. The molecular weight excluding hydrogens is 400 g/mol. The van der Waals surface area contributed by atoms with Crippen molar-refractivity contribution >= 4 is 11.6 Å². The number of aryl methyl sites for hydroxylation is 1. The highest BCUT2D eigenvalue weighted by Gasteiger charge is 2.08. The lowest BCUT2D eigenvalue weighted by molar-refractivity contribution is 0.110. The number of nitrogens with one attached hydrogen (secondary N) is 2. The van der Waals surface area contributed by atoms with Crippen LogP contribution in [0.4, 0.5) is 5.69 Å². The monoisotopic (exact) mass is 436 g/mol. The highest BCUT2D eigenvalue weighted by molar-refractivity contribution is 5.79. The number of hydrogen-bond acceptors (Lipinski definition) is 4. The highest BCUT2D eigenvalue weighted by atomic mass is 16.5. The Labute approximate surface area is 192 Å². The molecule has 1 aliphatic rings. The van der Waals surface area contributed by atoms with Crippen molar-refractivity contribution in [1.29, 1.82) is 0 Å².